The SMILES string of the molecule is CS(=O)(=O)c1nc2c(c(=O)[nH]1)CN(Cc1cc([N+](=O)[O-])ccc1O)CC2. The molecule has 1 aliphatic heterocycles. The molecule has 11 heteroatoms. The number of nitrogens with one attached hydrogen (secondary N) is 1. The number of aromatic hydroxyl groups is 1. The van der Waals surface area contributed by atoms with Crippen molar-refractivity contribution in [3.8, 4) is 5.75 Å². The number of phenolic OH excluding ortho intramolecular Hbond substituents is 1. The van der Waals surface area contributed by atoms with Gasteiger partial charge in [-0.3, -0.25) is 24.8 Å². The Morgan fingerprint density at radius 3 is 2.81 bits per heavy atom. The van der Waals surface area contributed by atoms with Crippen molar-refractivity contribution in [2.45, 2.75) is 24.7 Å². The number of rotatable bonds is 4. The number of H-pyrrole nitrogens is 1. The van der Waals surface area contributed by atoms with E-state index in [0.29, 0.717) is 29.8 Å². The Morgan fingerprint density at radius 2 is 2.15 bits per heavy atom. The van der Waals surface area contributed by atoms with Crippen molar-refractivity contribution in [1.29, 1.82) is 0 Å². The highest BCUT2D eigenvalue weighted by molar-refractivity contribution is 7.90. The lowest BCUT2D eigenvalue weighted by molar-refractivity contribution is -0.385. The van der Waals surface area contributed by atoms with Gasteiger partial charge in [0.1, 0.15) is 5.75 Å². The number of fused-ring (bicyclic) bond motifs is 1. The van der Waals surface area contributed by atoms with Crippen molar-refractivity contribution in [1.82, 2.24) is 14.9 Å². The molecule has 0 radical (unpaired) electrons. The molecule has 2 N–H and O–H groups in total. The molecule has 1 aliphatic rings. The molecular weight excluding hydrogens is 364 g/mol. The van der Waals surface area contributed by atoms with Gasteiger partial charge in [0.25, 0.3) is 11.2 Å². The van der Waals surface area contributed by atoms with Gasteiger partial charge in [-0.05, 0) is 6.07 Å². The van der Waals surface area contributed by atoms with E-state index in [9.17, 15) is 28.4 Å². The van der Waals surface area contributed by atoms with Crippen LogP contribution in [0, 0.1) is 10.1 Å². The Bertz CT molecular complexity index is 1050. The fourth-order valence-electron chi connectivity index (χ4n) is 2.82. The van der Waals surface area contributed by atoms with E-state index in [1.165, 1.54) is 18.2 Å². The van der Waals surface area contributed by atoms with Gasteiger partial charge >= 0.3 is 0 Å². The third-order valence-corrected chi connectivity index (χ3v) is 5.04. The van der Waals surface area contributed by atoms with Crippen molar-refractivity contribution in [3.05, 3.63) is 55.5 Å². The molecule has 1 aromatic heterocycles. The monoisotopic (exact) mass is 380 g/mol. The fraction of sp³-hybridized carbons (Fsp3) is 0.333. The standard InChI is InChI=1S/C15H16N4O6S/c1-26(24,25)15-16-12-4-5-18(8-11(12)14(21)17-15)7-9-6-10(19(22)23)2-3-13(9)20/h2-3,6,20H,4-5,7-8H2,1H3,(H,16,17,21). The van der Waals surface area contributed by atoms with Crippen LogP contribution in [0.25, 0.3) is 0 Å². The Labute approximate surface area is 148 Å². The summed E-state index contributed by atoms with van der Waals surface area (Å²) in [4.78, 5) is 30.7. The highest BCUT2D eigenvalue weighted by Gasteiger charge is 2.24. The van der Waals surface area contributed by atoms with Crippen LogP contribution in [-0.2, 0) is 29.3 Å². The molecule has 2 heterocycles. The van der Waals surface area contributed by atoms with Gasteiger partial charge in [0.2, 0.25) is 15.0 Å². The topological polar surface area (TPSA) is 146 Å². The van der Waals surface area contributed by atoms with E-state index in [0.717, 1.165) is 6.26 Å². The minimum Gasteiger partial charge on any atom is -0.508 e. The lowest BCUT2D eigenvalue weighted by Gasteiger charge is -2.27. The first kappa shape index (κ1) is 18.0. The molecule has 0 amide bonds. The largest absolute Gasteiger partial charge is 0.508 e. The van der Waals surface area contributed by atoms with Crippen LogP contribution in [-0.4, -0.2) is 46.1 Å². The maximum atomic E-state index is 12.2. The molecule has 0 aliphatic carbocycles. The Hall–Kier alpha value is -2.79. The summed E-state index contributed by atoms with van der Waals surface area (Å²) in [5.41, 5.74) is 0.498. The van der Waals surface area contributed by atoms with Gasteiger partial charge in [-0.15, -0.1) is 0 Å². The number of aromatic nitrogens is 2. The Kier molecular flexibility index (Phi) is 4.50. The van der Waals surface area contributed by atoms with Gasteiger partial charge in [-0.2, -0.15) is 0 Å². The molecule has 1 aromatic carbocycles. The predicted octanol–water partition coefficient (Wildman–Crippen LogP) is 0.345. The summed E-state index contributed by atoms with van der Waals surface area (Å²) in [5.74, 6) is -0.0687. The summed E-state index contributed by atoms with van der Waals surface area (Å²) in [6.07, 6.45) is 1.33. The van der Waals surface area contributed by atoms with Crippen molar-refractivity contribution in [3.63, 3.8) is 0 Å². The van der Waals surface area contributed by atoms with Gasteiger partial charge in [-0.1, -0.05) is 0 Å². The second-order valence-corrected chi connectivity index (χ2v) is 8.03. The van der Waals surface area contributed by atoms with E-state index in [-0.39, 0.29) is 29.7 Å². The first-order valence-corrected chi connectivity index (χ1v) is 9.55. The van der Waals surface area contributed by atoms with Gasteiger partial charge < -0.3 is 5.11 Å². The molecule has 2 aromatic rings. The third-order valence-electron chi connectivity index (χ3n) is 4.15. The van der Waals surface area contributed by atoms with Crippen LogP contribution in [0.2, 0.25) is 0 Å². The second kappa shape index (κ2) is 6.50. The van der Waals surface area contributed by atoms with Crippen LogP contribution in [0.1, 0.15) is 16.8 Å². The maximum Gasteiger partial charge on any atom is 0.270 e. The molecular formula is C15H16N4O6S. The molecule has 10 nitrogen and oxygen atoms in total. The smallest absolute Gasteiger partial charge is 0.270 e. The zero-order chi connectivity index (χ0) is 19.1. The number of benzene rings is 1. The Balaban J connectivity index is 1.87. The van der Waals surface area contributed by atoms with E-state index in [1.807, 2.05) is 4.90 Å². The molecule has 0 spiro atoms. The molecule has 3 rings (SSSR count). The molecule has 138 valence electrons. The summed E-state index contributed by atoms with van der Waals surface area (Å²) in [6.45, 7) is 0.874. The summed E-state index contributed by atoms with van der Waals surface area (Å²) >= 11 is 0. The van der Waals surface area contributed by atoms with E-state index in [1.54, 1.807) is 0 Å². The van der Waals surface area contributed by atoms with Gasteiger partial charge in [0, 0.05) is 50.0 Å². The quantitative estimate of drug-likeness (QED) is 0.439. The average molecular weight is 380 g/mol. The predicted molar refractivity (Wildman–Crippen MR) is 90.5 cm³/mol. The minimum absolute atomic E-state index is 0.0687. The second-order valence-electron chi connectivity index (χ2n) is 6.10. The van der Waals surface area contributed by atoms with E-state index in [2.05, 4.69) is 9.97 Å². The molecule has 0 fully saturated rings. The number of aromatic amines is 1. The van der Waals surface area contributed by atoms with Crippen LogP contribution in [0.4, 0.5) is 5.69 Å². The van der Waals surface area contributed by atoms with E-state index in [4.69, 9.17) is 0 Å². The van der Waals surface area contributed by atoms with Gasteiger partial charge in [0.15, 0.2) is 0 Å². The number of hydrogen-bond donors (Lipinski definition) is 2. The van der Waals surface area contributed by atoms with Crippen LogP contribution >= 0.6 is 0 Å². The maximum absolute atomic E-state index is 12.2. The molecule has 0 saturated carbocycles. The van der Waals surface area contributed by atoms with Crippen LogP contribution in [0.3, 0.4) is 0 Å². The Morgan fingerprint density at radius 1 is 1.42 bits per heavy atom. The lowest BCUT2D eigenvalue weighted by atomic mass is 10.1. The number of sulfone groups is 1. The van der Waals surface area contributed by atoms with E-state index < -0.39 is 20.3 Å². The third kappa shape index (κ3) is 3.58. The van der Waals surface area contributed by atoms with Crippen LogP contribution in [0.5, 0.6) is 5.75 Å². The van der Waals surface area contributed by atoms with Crippen molar-refractivity contribution in [2.24, 2.45) is 0 Å². The summed E-state index contributed by atoms with van der Waals surface area (Å²) in [7, 11) is -3.62. The summed E-state index contributed by atoms with van der Waals surface area (Å²) < 4.78 is 23.1. The normalized spacial score (nSPS) is 14.8. The number of nitro benzene ring substituents is 1. The van der Waals surface area contributed by atoms with Crippen LogP contribution < -0.4 is 5.56 Å². The first-order valence-electron chi connectivity index (χ1n) is 7.66. The zero-order valence-electron chi connectivity index (χ0n) is 13.8. The van der Waals surface area contributed by atoms with Gasteiger partial charge in [0.05, 0.1) is 16.2 Å². The average Bonchev–Trinajstić information content (AvgIpc) is 2.56. The molecule has 0 unspecified atom stereocenters. The van der Waals surface area contributed by atoms with E-state index >= 15 is 0 Å². The van der Waals surface area contributed by atoms with Crippen molar-refractivity contribution >= 4 is 15.5 Å². The van der Waals surface area contributed by atoms with Crippen LogP contribution in [0.15, 0.2) is 28.2 Å². The number of hydrogen-bond acceptors (Lipinski definition) is 8. The molecule has 0 saturated heterocycles. The summed E-state index contributed by atoms with van der Waals surface area (Å²) in [5, 5.41) is 20.5. The minimum atomic E-state index is -3.62. The number of non-ortho nitro benzene ring substituents is 1. The van der Waals surface area contributed by atoms with Gasteiger partial charge in [-0.25, -0.2) is 13.4 Å². The molecule has 26 heavy (non-hydrogen) atoms. The zero-order valence-corrected chi connectivity index (χ0v) is 14.6. The highest BCUT2D eigenvalue weighted by Crippen LogP contribution is 2.26. The molecule has 0 bridgehead atoms. The highest BCUT2D eigenvalue weighted by atomic mass is 32.2. The summed E-state index contributed by atoms with van der Waals surface area (Å²) in [6, 6.07) is 3.77. The number of nitro groups is 1. The lowest BCUT2D eigenvalue weighted by Crippen LogP contribution is -2.36. The number of nitrogens with zero attached hydrogens (tertiary/aromatic N) is 3. The molecule has 0 atom stereocenters. The van der Waals surface area contributed by atoms with Crippen molar-refractivity contribution in [2.75, 3.05) is 12.8 Å². The van der Waals surface area contributed by atoms with Crippen molar-refractivity contribution < 1.29 is 18.4 Å². The fourth-order valence-corrected chi connectivity index (χ4v) is 3.38. The first-order chi connectivity index (χ1) is 12.1. The number of phenols is 1.